The molecule has 0 aliphatic rings. The third-order valence-corrected chi connectivity index (χ3v) is 4.07. The fourth-order valence-electron chi connectivity index (χ4n) is 2.45. The van der Waals surface area contributed by atoms with Crippen molar-refractivity contribution in [3.8, 4) is 5.75 Å². The summed E-state index contributed by atoms with van der Waals surface area (Å²) < 4.78 is 5.68. The minimum Gasteiger partial charge on any atom is -0.494 e. The Labute approximate surface area is 165 Å². The number of hydrogen-bond acceptors (Lipinski definition) is 5. The van der Waals surface area contributed by atoms with Gasteiger partial charge in [0.1, 0.15) is 11.4 Å². The van der Waals surface area contributed by atoms with Crippen LogP contribution in [0.5, 0.6) is 5.75 Å². The number of aromatic nitrogens is 2. The standard InChI is InChI=1S/C21H28N4O3/c1-21(2,3)16-6-8-17(9-7-16)28-14-4-5-19(26)24-12-13-25-20(27)18-15-22-10-11-23-18/h6-11,15H,4-5,12-14H2,1-3H3,(H,24,26)(H,25,27). The molecule has 7 heteroatoms. The Morgan fingerprint density at radius 3 is 2.39 bits per heavy atom. The Balaban J connectivity index is 1.56. The first-order chi connectivity index (χ1) is 13.4. The molecule has 2 aromatic rings. The third-order valence-electron chi connectivity index (χ3n) is 4.07. The Kier molecular flexibility index (Phi) is 7.92. The van der Waals surface area contributed by atoms with Gasteiger partial charge in [-0.1, -0.05) is 32.9 Å². The smallest absolute Gasteiger partial charge is 0.271 e. The molecule has 0 saturated heterocycles. The van der Waals surface area contributed by atoms with Crippen molar-refractivity contribution in [1.82, 2.24) is 20.6 Å². The summed E-state index contributed by atoms with van der Waals surface area (Å²) in [6, 6.07) is 8.05. The van der Waals surface area contributed by atoms with Gasteiger partial charge in [-0.2, -0.15) is 0 Å². The van der Waals surface area contributed by atoms with Crippen molar-refractivity contribution >= 4 is 11.8 Å². The molecule has 2 rings (SSSR count). The molecule has 1 heterocycles. The van der Waals surface area contributed by atoms with Gasteiger partial charge >= 0.3 is 0 Å². The van der Waals surface area contributed by atoms with Crippen molar-refractivity contribution in [3.63, 3.8) is 0 Å². The van der Waals surface area contributed by atoms with Crippen LogP contribution < -0.4 is 15.4 Å². The monoisotopic (exact) mass is 384 g/mol. The van der Waals surface area contributed by atoms with E-state index in [-0.39, 0.29) is 22.9 Å². The van der Waals surface area contributed by atoms with Gasteiger partial charge in [0, 0.05) is 31.9 Å². The molecule has 0 spiro atoms. The maximum atomic E-state index is 11.8. The molecule has 28 heavy (non-hydrogen) atoms. The van der Waals surface area contributed by atoms with Crippen LogP contribution in [-0.4, -0.2) is 41.5 Å². The Morgan fingerprint density at radius 1 is 1.04 bits per heavy atom. The summed E-state index contributed by atoms with van der Waals surface area (Å²) in [7, 11) is 0. The van der Waals surface area contributed by atoms with Gasteiger partial charge in [0.05, 0.1) is 12.8 Å². The first kappa shape index (κ1) is 21.3. The Bertz CT molecular complexity index is 755. The predicted octanol–water partition coefficient (Wildman–Crippen LogP) is 2.48. The van der Waals surface area contributed by atoms with E-state index in [0.29, 0.717) is 32.5 Å². The summed E-state index contributed by atoms with van der Waals surface area (Å²) in [4.78, 5) is 31.3. The lowest BCUT2D eigenvalue weighted by molar-refractivity contribution is -0.121. The summed E-state index contributed by atoms with van der Waals surface area (Å²) in [5.41, 5.74) is 1.62. The average Bonchev–Trinajstić information content (AvgIpc) is 2.69. The number of nitrogens with one attached hydrogen (secondary N) is 2. The Morgan fingerprint density at radius 2 is 1.75 bits per heavy atom. The molecule has 0 atom stereocenters. The van der Waals surface area contributed by atoms with Crippen molar-refractivity contribution < 1.29 is 14.3 Å². The maximum absolute atomic E-state index is 11.8. The van der Waals surface area contributed by atoms with Gasteiger partial charge < -0.3 is 15.4 Å². The number of ether oxygens (including phenoxy) is 1. The third kappa shape index (κ3) is 7.34. The van der Waals surface area contributed by atoms with Crippen molar-refractivity contribution in [1.29, 1.82) is 0 Å². The predicted molar refractivity (Wildman–Crippen MR) is 107 cm³/mol. The van der Waals surface area contributed by atoms with Crippen LogP contribution in [-0.2, 0) is 10.2 Å². The SMILES string of the molecule is CC(C)(C)c1ccc(OCCCC(=O)NCCNC(=O)c2cnccn2)cc1. The molecule has 0 fully saturated rings. The highest BCUT2D eigenvalue weighted by molar-refractivity contribution is 5.91. The molecule has 0 aliphatic heterocycles. The molecule has 2 N–H and O–H groups in total. The molecule has 1 aromatic carbocycles. The van der Waals surface area contributed by atoms with Crippen LogP contribution in [0.4, 0.5) is 0 Å². The van der Waals surface area contributed by atoms with E-state index in [1.807, 2.05) is 12.1 Å². The van der Waals surface area contributed by atoms with Crippen LogP contribution in [0.15, 0.2) is 42.9 Å². The lowest BCUT2D eigenvalue weighted by atomic mass is 9.87. The van der Waals surface area contributed by atoms with E-state index in [1.54, 1.807) is 0 Å². The minimum atomic E-state index is -0.312. The average molecular weight is 384 g/mol. The number of nitrogens with zero attached hydrogens (tertiary/aromatic N) is 2. The van der Waals surface area contributed by atoms with Crippen molar-refractivity contribution in [3.05, 3.63) is 54.1 Å². The number of amides is 2. The molecular weight excluding hydrogens is 356 g/mol. The van der Waals surface area contributed by atoms with Crippen LogP contribution in [0, 0.1) is 0 Å². The molecule has 150 valence electrons. The van der Waals surface area contributed by atoms with Crippen LogP contribution in [0.2, 0.25) is 0 Å². The van der Waals surface area contributed by atoms with Gasteiger partial charge in [0.15, 0.2) is 0 Å². The number of hydrogen-bond donors (Lipinski definition) is 2. The molecule has 0 bridgehead atoms. The summed E-state index contributed by atoms with van der Waals surface area (Å²) >= 11 is 0. The zero-order chi connectivity index (χ0) is 20.4. The summed E-state index contributed by atoms with van der Waals surface area (Å²) in [5, 5.41) is 5.44. The highest BCUT2D eigenvalue weighted by Gasteiger charge is 2.13. The van der Waals surface area contributed by atoms with Crippen molar-refractivity contribution in [2.75, 3.05) is 19.7 Å². The fraction of sp³-hybridized carbons (Fsp3) is 0.429. The van der Waals surface area contributed by atoms with Gasteiger partial charge in [0.25, 0.3) is 5.91 Å². The van der Waals surface area contributed by atoms with E-state index in [1.165, 1.54) is 24.2 Å². The molecule has 2 amide bonds. The largest absolute Gasteiger partial charge is 0.494 e. The summed E-state index contributed by atoms with van der Waals surface area (Å²) in [6.45, 7) is 7.68. The second kappa shape index (κ2) is 10.4. The summed E-state index contributed by atoms with van der Waals surface area (Å²) in [6.07, 6.45) is 5.35. The minimum absolute atomic E-state index is 0.0690. The van der Waals surface area contributed by atoms with E-state index in [2.05, 4.69) is 53.5 Å². The Hall–Kier alpha value is -2.96. The van der Waals surface area contributed by atoms with E-state index < -0.39 is 0 Å². The number of benzene rings is 1. The molecule has 0 saturated carbocycles. The van der Waals surface area contributed by atoms with Gasteiger partial charge in [-0.3, -0.25) is 14.6 Å². The van der Waals surface area contributed by atoms with Gasteiger partial charge in [-0.15, -0.1) is 0 Å². The molecular formula is C21H28N4O3. The van der Waals surface area contributed by atoms with Crippen molar-refractivity contribution in [2.45, 2.75) is 39.0 Å². The highest BCUT2D eigenvalue weighted by Crippen LogP contribution is 2.24. The van der Waals surface area contributed by atoms with Crippen LogP contribution in [0.1, 0.15) is 49.7 Å². The summed E-state index contributed by atoms with van der Waals surface area (Å²) in [5.74, 6) is 0.425. The van der Waals surface area contributed by atoms with Gasteiger partial charge in [0.2, 0.25) is 5.91 Å². The quantitative estimate of drug-likeness (QED) is 0.648. The molecule has 7 nitrogen and oxygen atoms in total. The van der Waals surface area contributed by atoms with Crippen LogP contribution in [0.25, 0.3) is 0 Å². The molecule has 1 aromatic heterocycles. The number of carbonyl (C=O) groups excluding carboxylic acids is 2. The van der Waals surface area contributed by atoms with E-state index in [9.17, 15) is 9.59 Å². The second-order valence-electron chi connectivity index (χ2n) is 7.42. The van der Waals surface area contributed by atoms with E-state index in [4.69, 9.17) is 4.74 Å². The van der Waals surface area contributed by atoms with E-state index >= 15 is 0 Å². The fourth-order valence-corrected chi connectivity index (χ4v) is 2.45. The van der Waals surface area contributed by atoms with Gasteiger partial charge in [-0.05, 0) is 29.5 Å². The second-order valence-corrected chi connectivity index (χ2v) is 7.42. The number of rotatable bonds is 9. The first-order valence-electron chi connectivity index (χ1n) is 9.40. The first-order valence-corrected chi connectivity index (χ1v) is 9.40. The molecule has 0 unspecified atom stereocenters. The van der Waals surface area contributed by atoms with Crippen LogP contribution >= 0.6 is 0 Å². The zero-order valence-corrected chi connectivity index (χ0v) is 16.7. The molecule has 0 radical (unpaired) electrons. The van der Waals surface area contributed by atoms with Crippen LogP contribution in [0.3, 0.4) is 0 Å². The molecule has 0 aliphatic carbocycles. The zero-order valence-electron chi connectivity index (χ0n) is 16.7. The topological polar surface area (TPSA) is 93.2 Å². The maximum Gasteiger partial charge on any atom is 0.271 e. The number of carbonyl (C=O) groups is 2. The highest BCUT2D eigenvalue weighted by atomic mass is 16.5. The van der Waals surface area contributed by atoms with Gasteiger partial charge in [-0.25, -0.2) is 4.98 Å². The normalized spacial score (nSPS) is 11.0. The lowest BCUT2D eigenvalue weighted by Crippen LogP contribution is -2.35. The van der Waals surface area contributed by atoms with E-state index in [0.717, 1.165) is 5.75 Å². The lowest BCUT2D eigenvalue weighted by Gasteiger charge is -2.19. The van der Waals surface area contributed by atoms with Crippen molar-refractivity contribution in [2.24, 2.45) is 0 Å².